The lowest BCUT2D eigenvalue weighted by Gasteiger charge is -2.19. The van der Waals surface area contributed by atoms with Gasteiger partial charge in [0.25, 0.3) is 0 Å². The van der Waals surface area contributed by atoms with Crippen LogP contribution in [0.2, 0.25) is 0 Å². The van der Waals surface area contributed by atoms with Crippen molar-refractivity contribution in [1.82, 2.24) is 5.43 Å². The average Bonchev–Trinajstić information content (AvgIpc) is 2.58. The van der Waals surface area contributed by atoms with Crippen LogP contribution in [0.15, 0.2) is 30.3 Å². The highest BCUT2D eigenvalue weighted by Crippen LogP contribution is 2.26. The summed E-state index contributed by atoms with van der Waals surface area (Å²) in [5, 5.41) is 10.9. The molecule has 2 rings (SSSR count). The molecule has 1 aliphatic heterocycles. The third-order valence-corrected chi connectivity index (χ3v) is 2.71. The topological polar surface area (TPSA) is 52.6 Å². The molecule has 1 aromatic rings. The number of rotatable bonds is 2. The van der Waals surface area contributed by atoms with Gasteiger partial charge < -0.3 is 5.11 Å². The van der Waals surface area contributed by atoms with E-state index in [0.717, 1.165) is 5.69 Å². The quantitative estimate of drug-likeness (QED) is 0.742. The fourth-order valence-corrected chi connectivity index (χ4v) is 1.60. The SMILES string of the molecule is C[C@]1(CO)CN(c2ccccc2)NC1=O. The van der Waals surface area contributed by atoms with E-state index in [9.17, 15) is 9.90 Å². The summed E-state index contributed by atoms with van der Waals surface area (Å²) in [6.45, 7) is 2.11. The molecular formula is C11H14N2O2. The Morgan fingerprint density at radius 2 is 2.13 bits per heavy atom. The molecule has 1 amide bonds. The van der Waals surface area contributed by atoms with Crippen molar-refractivity contribution in [2.45, 2.75) is 6.92 Å². The van der Waals surface area contributed by atoms with Crippen LogP contribution in [-0.2, 0) is 4.79 Å². The van der Waals surface area contributed by atoms with Gasteiger partial charge in [-0.05, 0) is 19.1 Å². The van der Waals surface area contributed by atoms with Gasteiger partial charge in [-0.25, -0.2) is 0 Å². The molecule has 1 aromatic carbocycles. The molecule has 0 aliphatic carbocycles. The van der Waals surface area contributed by atoms with E-state index in [-0.39, 0.29) is 12.5 Å². The van der Waals surface area contributed by atoms with E-state index in [1.165, 1.54) is 0 Å². The van der Waals surface area contributed by atoms with Crippen LogP contribution in [0, 0.1) is 5.41 Å². The van der Waals surface area contributed by atoms with Crippen LogP contribution in [0.4, 0.5) is 5.69 Å². The first-order chi connectivity index (χ1) is 7.15. The number of benzene rings is 1. The van der Waals surface area contributed by atoms with Gasteiger partial charge in [0.2, 0.25) is 5.91 Å². The van der Waals surface area contributed by atoms with Gasteiger partial charge in [0.15, 0.2) is 0 Å². The maximum absolute atomic E-state index is 11.6. The number of hydrogen-bond donors (Lipinski definition) is 2. The predicted molar refractivity (Wildman–Crippen MR) is 57.1 cm³/mol. The summed E-state index contributed by atoms with van der Waals surface area (Å²) in [5.41, 5.74) is 2.98. The molecule has 1 aliphatic rings. The number of para-hydroxylation sites is 1. The van der Waals surface area contributed by atoms with E-state index < -0.39 is 5.41 Å². The van der Waals surface area contributed by atoms with Gasteiger partial charge in [-0.1, -0.05) is 18.2 Å². The fourth-order valence-electron chi connectivity index (χ4n) is 1.60. The van der Waals surface area contributed by atoms with Gasteiger partial charge in [0.05, 0.1) is 24.3 Å². The average molecular weight is 206 g/mol. The number of carbonyl (C=O) groups excluding carboxylic acids is 1. The molecule has 2 N–H and O–H groups in total. The summed E-state index contributed by atoms with van der Waals surface area (Å²) < 4.78 is 0. The van der Waals surface area contributed by atoms with Crippen LogP contribution in [0.1, 0.15) is 6.92 Å². The monoisotopic (exact) mass is 206 g/mol. The highest BCUT2D eigenvalue weighted by Gasteiger charge is 2.41. The minimum atomic E-state index is -0.699. The Morgan fingerprint density at radius 3 is 2.67 bits per heavy atom. The smallest absolute Gasteiger partial charge is 0.248 e. The first kappa shape index (κ1) is 9.98. The van der Waals surface area contributed by atoms with Crippen LogP contribution in [0.3, 0.4) is 0 Å². The second kappa shape index (κ2) is 3.55. The lowest BCUT2D eigenvalue weighted by atomic mass is 9.92. The van der Waals surface area contributed by atoms with Crippen molar-refractivity contribution < 1.29 is 9.90 Å². The molecule has 0 saturated carbocycles. The van der Waals surface area contributed by atoms with Crippen LogP contribution < -0.4 is 10.4 Å². The van der Waals surface area contributed by atoms with Crippen molar-refractivity contribution in [3.63, 3.8) is 0 Å². The third kappa shape index (κ3) is 1.68. The normalized spacial score (nSPS) is 25.5. The molecule has 0 spiro atoms. The first-order valence-electron chi connectivity index (χ1n) is 4.90. The van der Waals surface area contributed by atoms with Crippen molar-refractivity contribution in [2.75, 3.05) is 18.2 Å². The molecule has 15 heavy (non-hydrogen) atoms. The van der Waals surface area contributed by atoms with Crippen LogP contribution in [0.5, 0.6) is 0 Å². The predicted octanol–water partition coefficient (Wildman–Crippen LogP) is 0.536. The molecule has 1 atom stereocenters. The second-order valence-corrected chi connectivity index (χ2v) is 4.08. The number of hydrazine groups is 1. The van der Waals surface area contributed by atoms with Crippen molar-refractivity contribution in [3.8, 4) is 0 Å². The van der Waals surface area contributed by atoms with Gasteiger partial charge in [-0.3, -0.25) is 15.2 Å². The Labute approximate surface area is 88.5 Å². The Kier molecular flexibility index (Phi) is 2.36. The van der Waals surface area contributed by atoms with E-state index in [4.69, 9.17) is 0 Å². The number of amides is 1. The summed E-state index contributed by atoms with van der Waals surface area (Å²) in [6.07, 6.45) is 0. The summed E-state index contributed by atoms with van der Waals surface area (Å²) in [7, 11) is 0. The Morgan fingerprint density at radius 1 is 1.47 bits per heavy atom. The van der Waals surface area contributed by atoms with E-state index in [0.29, 0.717) is 6.54 Å². The third-order valence-electron chi connectivity index (χ3n) is 2.71. The van der Waals surface area contributed by atoms with Crippen molar-refractivity contribution in [2.24, 2.45) is 5.41 Å². The largest absolute Gasteiger partial charge is 0.395 e. The number of nitrogens with one attached hydrogen (secondary N) is 1. The molecule has 1 heterocycles. The molecule has 4 nitrogen and oxygen atoms in total. The number of hydrogen-bond acceptors (Lipinski definition) is 3. The molecular weight excluding hydrogens is 192 g/mol. The number of carbonyl (C=O) groups is 1. The number of aliphatic hydroxyl groups is 1. The summed E-state index contributed by atoms with van der Waals surface area (Å²) in [6, 6.07) is 9.59. The van der Waals surface area contributed by atoms with Gasteiger partial charge in [-0.15, -0.1) is 0 Å². The number of anilines is 1. The zero-order valence-electron chi connectivity index (χ0n) is 8.60. The van der Waals surface area contributed by atoms with Gasteiger partial charge in [0, 0.05) is 0 Å². The highest BCUT2D eigenvalue weighted by molar-refractivity contribution is 5.87. The lowest BCUT2D eigenvalue weighted by Crippen LogP contribution is -2.34. The maximum Gasteiger partial charge on any atom is 0.248 e. The van der Waals surface area contributed by atoms with Gasteiger partial charge >= 0.3 is 0 Å². The Hall–Kier alpha value is -1.55. The summed E-state index contributed by atoms with van der Waals surface area (Å²) >= 11 is 0. The van der Waals surface area contributed by atoms with Crippen molar-refractivity contribution >= 4 is 11.6 Å². The minimum absolute atomic E-state index is 0.131. The number of aliphatic hydroxyl groups excluding tert-OH is 1. The molecule has 0 radical (unpaired) electrons. The second-order valence-electron chi connectivity index (χ2n) is 4.08. The number of nitrogens with zero attached hydrogens (tertiary/aromatic N) is 1. The Balaban J connectivity index is 2.20. The molecule has 0 aromatic heterocycles. The summed E-state index contributed by atoms with van der Waals surface area (Å²) in [4.78, 5) is 11.6. The fraction of sp³-hybridized carbons (Fsp3) is 0.364. The van der Waals surface area contributed by atoms with Crippen molar-refractivity contribution in [1.29, 1.82) is 0 Å². The Bertz CT molecular complexity index is 366. The lowest BCUT2D eigenvalue weighted by molar-refractivity contribution is -0.128. The molecule has 0 unspecified atom stereocenters. The first-order valence-corrected chi connectivity index (χ1v) is 4.90. The standard InChI is InChI=1S/C11H14N2O2/c1-11(8-14)7-13(12-10(11)15)9-5-3-2-4-6-9/h2-6,14H,7-8H2,1H3,(H,12,15)/t11-/m1/s1. The van der Waals surface area contributed by atoms with E-state index in [1.54, 1.807) is 11.9 Å². The molecule has 80 valence electrons. The zero-order valence-corrected chi connectivity index (χ0v) is 8.60. The van der Waals surface area contributed by atoms with Crippen LogP contribution in [0.25, 0.3) is 0 Å². The van der Waals surface area contributed by atoms with Gasteiger partial charge in [-0.2, -0.15) is 0 Å². The molecule has 1 saturated heterocycles. The van der Waals surface area contributed by atoms with Gasteiger partial charge in [0.1, 0.15) is 0 Å². The van der Waals surface area contributed by atoms with Crippen LogP contribution in [-0.4, -0.2) is 24.2 Å². The molecule has 4 heteroatoms. The highest BCUT2D eigenvalue weighted by atomic mass is 16.3. The zero-order chi connectivity index (χ0) is 10.9. The molecule has 0 bridgehead atoms. The van der Waals surface area contributed by atoms with Crippen LogP contribution >= 0.6 is 0 Å². The minimum Gasteiger partial charge on any atom is -0.395 e. The van der Waals surface area contributed by atoms with E-state index in [1.807, 2.05) is 30.3 Å². The van der Waals surface area contributed by atoms with E-state index in [2.05, 4.69) is 5.43 Å². The van der Waals surface area contributed by atoms with E-state index >= 15 is 0 Å². The maximum atomic E-state index is 11.6. The summed E-state index contributed by atoms with van der Waals surface area (Å²) in [5.74, 6) is -0.131. The molecule has 1 fully saturated rings. The van der Waals surface area contributed by atoms with Crippen molar-refractivity contribution in [3.05, 3.63) is 30.3 Å².